The van der Waals surface area contributed by atoms with Crippen molar-refractivity contribution in [3.05, 3.63) is 17.5 Å². The minimum Gasteiger partial charge on any atom is -0.387 e. The molecule has 2 saturated heterocycles. The van der Waals surface area contributed by atoms with Gasteiger partial charge in [0.25, 0.3) is 15.9 Å². The molecule has 1 atom stereocenters. The quantitative estimate of drug-likeness (QED) is 0.723. The van der Waals surface area contributed by atoms with Gasteiger partial charge in [0.2, 0.25) is 0 Å². The van der Waals surface area contributed by atoms with Gasteiger partial charge in [0.05, 0.1) is 6.54 Å². The zero-order chi connectivity index (χ0) is 19.9. The molecular formula is C18H26N4O4S2. The molecule has 1 aromatic heterocycles. The summed E-state index contributed by atoms with van der Waals surface area (Å²) >= 11 is 1.21. The minimum absolute atomic E-state index is 0.0753. The lowest BCUT2D eigenvalue weighted by molar-refractivity contribution is -0.125. The maximum atomic E-state index is 12.9. The van der Waals surface area contributed by atoms with Crippen molar-refractivity contribution < 1.29 is 18.0 Å². The van der Waals surface area contributed by atoms with E-state index in [1.54, 1.807) is 17.5 Å². The van der Waals surface area contributed by atoms with Crippen LogP contribution in [0.2, 0.25) is 0 Å². The number of carbonyl (C=O) groups excluding carboxylic acids is 1. The molecule has 28 heavy (non-hydrogen) atoms. The second-order valence-electron chi connectivity index (χ2n) is 8.00. The molecule has 3 aliphatic rings. The van der Waals surface area contributed by atoms with Gasteiger partial charge in [-0.25, -0.2) is 8.42 Å². The van der Waals surface area contributed by atoms with Crippen LogP contribution >= 0.6 is 11.3 Å². The highest BCUT2D eigenvalue weighted by molar-refractivity contribution is 7.91. The largest absolute Gasteiger partial charge is 0.387 e. The van der Waals surface area contributed by atoms with E-state index in [0.29, 0.717) is 48.4 Å². The molecule has 3 aliphatic heterocycles. The zero-order valence-electron chi connectivity index (χ0n) is 16.2. The number of likely N-dealkylation sites (tertiary alicyclic amines) is 1. The molecule has 1 amide bonds. The molecule has 4 rings (SSSR count). The first-order chi connectivity index (χ1) is 13.3. The van der Waals surface area contributed by atoms with Crippen molar-refractivity contribution in [1.82, 2.24) is 14.1 Å². The van der Waals surface area contributed by atoms with Crippen LogP contribution in [0, 0.1) is 0 Å². The third kappa shape index (κ3) is 3.58. The van der Waals surface area contributed by atoms with Gasteiger partial charge >= 0.3 is 0 Å². The molecule has 1 aromatic rings. The van der Waals surface area contributed by atoms with Gasteiger partial charge in [-0.05, 0) is 38.4 Å². The zero-order valence-corrected chi connectivity index (χ0v) is 17.8. The van der Waals surface area contributed by atoms with Crippen LogP contribution in [-0.2, 0) is 19.7 Å². The number of hydrogen-bond donors (Lipinski definition) is 0. The number of sulfonamides is 1. The molecular weight excluding hydrogens is 400 g/mol. The summed E-state index contributed by atoms with van der Waals surface area (Å²) in [5, 5.41) is 5.83. The number of rotatable bonds is 4. The Morgan fingerprint density at radius 1 is 1.32 bits per heavy atom. The van der Waals surface area contributed by atoms with E-state index in [9.17, 15) is 13.2 Å². The molecule has 4 heterocycles. The summed E-state index contributed by atoms with van der Waals surface area (Å²) in [6.45, 7) is 2.04. The van der Waals surface area contributed by atoms with Gasteiger partial charge in [-0.1, -0.05) is 11.2 Å². The molecule has 0 unspecified atom stereocenters. The van der Waals surface area contributed by atoms with Gasteiger partial charge in [0.15, 0.2) is 5.60 Å². The molecule has 2 fully saturated rings. The second kappa shape index (κ2) is 7.40. The lowest BCUT2D eigenvalue weighted by atomic mass is 9.95. The Morgan fingerprint density at radius 2 is 2.07 bits per heavy atom. The van der Waals surface area contributed by atoms with Crippen molar-refractivity contribution in [2.75, 3.05) is 40.3 Å². The van der Waals surface area contributed by atoms with E-state index in [2.05, 4.69) is 24.2 Å². The minimum atomic E-state index is -3.51. The normalized spacial score (nSPS) is 26.8. The Balaban J connectivity index is 1.37. The maximum Gasteiger partial charge on any atom is 0.271 e. The maximum absolute atomic E-state index is 12.9. The average Bonchev–Trinajstić information content (AvgIpc) is 3.43. The molecule has 0 bridgehead atoms. The number of nitrogens with zero attached hydrogens (tertiary/aromatic N) is 4. The van der Waals surface area contributed by atoms with Crippen LogP contribution in [0.15, 0.2) is 26.9 Å². The molecule has 154 valence electrons. The topological polar surface area (TPSA) is 82.5 Å². The molecule has 10 heteroatoms. The van der Waals surface area contributed by atoms with Crippen LogP contribution in [0.4, 0.5) is 0 Å². The number of carbonyl (C=O) groups is 1. The van der Waals surface area contributed by atoms with Gasteiger partial charge < -0.3 is 14.6 Å². The molecule has 0 saturated carbocycles. The van der Waals surface area contributed by atoms with E-state index in [-0.39, 0.29) is 12.5 Å². The predicted octanol–water partition coefficient (Wildman–Crippen LogP) is 1.21. The fourth-order valence-electron chi connectivity index (χ4n) is 4.17. The summed E-state index contributed by atoms with van der Waals surface area (Å²) in [7, 11) is 0.622. The van der Waals surface area contributed by atoms with Gasteiger partial charge in [0.1, 0.15) is 9.92 Å². The first-order valence-electron chi connectivity index (χ1n) is 9.55. The molecule has 1 spiro atoms. The van der Waals surface area contributed by atoms with E-state index in [0.717, 1.165) is 12.8 Å². The Morgan fingerprint density at radius 3 is 2.71 bits per heavy atom. The first-order valence-corrected chi connectivity index (χ1v) is 11.9. The second-order valence-corrected chi connectivity index (χ2v) is 11.1. The van der Waals surface area contributed by atoms with E-state index in [1.165, 1.54) is 15.6 Å². The van der Waals surface area contributed by atoms with Crippen LogP contribution in [0.3, 0.4) is 0 Å². The van der Waals surface area contributed by atoms with Crippen molar-refractivity contribution in [1.29, 1.82) is 0 Å². The monoisotopic (exact) mass is 426 g/mol. The van der Waals surface area contributed by atoms with Crippen LogP contribution in [0.1, 0.15) is 25.7 Å². The van der Waals surface area contributed by atoms with Crippen molar-refractivity contribution >= 4 is 33.0 Å². The molecule has 0 radical (unpaired) electrons. The summed E-state index contributed by atoms with van der Waals surface area (Å²) in [4.78, 5) is 22.6. The number of piperidine rings is 1. The van der Waals surface area contributed by atoms with Crippen molar-refractivity contribution in [3.63, 3.8) is 0 Å². The lowest BCUT2D eigenvalue weighted by Gasteiger charge is -2.35. The molecule has 0 N–H and O–H groups in total. The van der Waals surface area contributed by atoms with Crippen LogP contribution < -0.4 is 0 Å². The number of thiophene rings is 1. The Hall–Kier alpha value is -1.49. The van der Waals surface area contributed by atoms with E-state index >= 15 is 0 Å². The highest BCUT2D eigenvalue weighted by Crippen LogP contribution is 2.37. The van der Waals surface area contributed by atoms with Gasteiger partial charge in [-0.2, -0.15) is 4.31 Å². The Labute approximate surface area is 169 Å². The first kappa shape index (κ1) is 19.8. The fraction of sp³-hybridized carbons (Fsp3) is 0.667. The summed E-state index contributed by atoms with van der Waals surface area (Å²) in [6.07, 6.45) is 2.81. The predicted molar refractivity (Wildman–Crippen MR) is 107 cm³/mol. The van der Waals surface area contributed by atoms with Crippen LogP contribution in [-0.4, -0.2) is 86.1 Å². The highest BCUT2D eigenvalue weighted by Gasteiger charge is 2.50. The van der Waals surface area contributed by atoms with Gasteiger partial charge in [-0.15, -0.1) is 11.3 Å². The van der Waals surface area contributed by atoms with E-state index in [1.807, 2.05) is 4.90 Å². The summed E-state index contributed by atoms with van der Waals surface area (Å²) in [5.74, 6) is -0.0753. The molecule has 8 nitrogen and oxygen atoms in total. The lowest BCUT2D eigenvalue weighted by Crippen LogP contribution is -2.47. The Kier molecular flexibility index (Phi) is 5.24. The van der Waals surface area contributed by atoms with Crippen molar-refractivity contribution in [3.8, 4) is 0 Å². The summed E-state index contributed by atoms with van der Waals surface area (Å²) in [6, 6.07) is 3.85. The van der Waals surface area contributed by atoms with Crippen molar-refractivity contribution in [2.45, 2.75) is 41.5 Å². The number of amides is 1. The smallest absolute Gasteiger partial charge is 0.271 e. The van der Waals surface area contributed by atoms with Crippen LogP contribution in [0.25, 0.3) is 0 Å². The molecule has 0 aliphatic carbocycles. The average molecular weight is 427 g/mol. The summed E-state index contributed by atoms with van der Waals surface area (Å²) < 4.78 is 27.3. The van der Waals surface area contributed by atoms with Gasteiger partial charge in [-0.3, -0.25) is 4.79 Å². The van der Waals surface area contributed by atoms with Crippen molar-refractivity contribution in [2.24, 2.45) is 5.16 Å². The SMILES string of the molecule is CN(C)C1CCN(C(=O)C2=NO[C@@]3(CCN(S(=O)(=O)c4cccs4)C3)C2)CC1. The van der Waals surface area contributed by atoms with Crippen LogP contribution in [0.5, 0.6) is 0 Å². The molecule has 0 aromatic carbocycles. The van der Waals surface area contributed by atoms with Gasteiger partial charge in [0, 0.05) is 38.5 Å². The third-order valence-electron chi connectivity index (χ3n) is 5.94. The van der Waals surface area contributed by atoms with E-state index in [4.69, 9.17) is 4.84 Å². The number of oxime groups is 1. The summed E-state index contributed by atoms with van der Waals surface area (Å²) in [5.41, 5.74) is -0.296. The highest BCUT2D eigenvalue weighted by atomic mass is 32.2. The third-order valence-corrected chi connectivity index (χ3v) is 9.16. The number of hydrogen-bond acceptors (Lipinski definition) is 7. The van der Waals surface area contributed by atoms with E-state index < -0.39 is 15.6 Å². The Bertz CT molecular complexity index is 860. The standard InChI is InChI=1S/C18H26N4O4S2/c1-20(2)14-5-8-21(9-6-14)17(23)15-12-18(26-19-15)7-10-22(13-18)28(24,25)16-4-3-11-27-16/h3-4,11,14H,5-10,12-13H2,1-2H3/t18-/m0/s1. The fourth-order valence-corrected chi connectivity index (χ4v) is 6.83.